The second kappa shape index (κ2) is 12.0. The van der Waals surface area contributed by atoms with Crippen molar-refractivity contribution >= 4 is 67.4 Å². The van der Waals surface area contributed by atoms with Crippen LogP contribution in [0.5, 0.6) is 0 Å². The van der Waals surface area contributed by atoms with Crippen LogP contribution in [0.25, 0.3) is 32.9 Å². The van der Waals surface area contributed by atoms with E-state index in [0.717, 1.165) is 43.6 Å². The average Bonchev–Trinajstić information content (AvgIpc) is 3.49. The highest BCUT2D eigenvalue weighted by atomic mass is 32.1. The first kappa shape index (κ1) is 30.4. The van der Waals surface area contributed by atoms with E-state index < -0.39 is 0 Å². The predicted octanol–water partition coefficient (Wildman–Crippen LogP) is 11.0. The monoisotopic (exact) mass is 656 g/mol. The highest BCUT2D eigenvalue weighted by Crippen LogP contribution is 2.50. The Balaban J connectivity index is 1.43. The van der Waals surface area contributed by atoms with Crippen LogP contribution in [0.4, 0.5) is 0 Å². The van der Waals surface area contributed by atoms with Crippen molar-refractivity contribution in [3.8, 4) is 0 Å². The molecule has 0 radical (unpaired) electrons. The standard InChI is InChI=1S/C44H36N2S2/c1-27-19-28(2)22-31(21-27)25-45-41(37-17-9-13-33-11-5-7-15-35(33)37)39-40(43(45)47)42(38-18-10-14-34-12-6-8-16-36(34)38)46(44(39)48)26-32-23-29(3)20-30(4)24-32/h5-24H,25-26H2,1-4H3. The molecule has 2 aliphatic heterocycles. The van der Waals surface area contributed by atoms with Gasteiger partial charge in [0.2, 0.25) is 0 Å². The summed E-state index contributed by atoms with van der Waals surface area (Å²) in [6.45, 7) is 9.99. The molecule has 2 nitrogen and oxygen atoms in total. The van der Waals surface area contributed by atoms with Crippen molar-refractivity contribution in [2.45, 2.75) is 40.8 Å². The molecule has 0 aromatic heterocycles. The third-order valence-electron chi connectivity index (χ3n) is 9.52. The Hall–Kier alpha value is -4.90. The molecule has 2 aliphatic rings. The van der Waals surface area contributed by atoms with Crippen molar-refractivity contribution in [2.24, 2.45) is 0 Å². The smallest absolute Gasteiger partial charge is 0.116 e. The van der Waals surface area contributed by atoms with Crippen molar-refractivity contribution in [1.82, 2.24) is 9.80 Å². The Bertz CT molecular complexity index is 2180. The zero-order chi connectivity index (χ0) is 33.1. The summed E-state index contributed by atoms with van der Waals surface area (Å²) in [6.07, 6.45) is 0. The molecule has 0 spiro atoms. The second-order valence-corrected chi connectivity index (χ2v) is 14.0. The van der Waals surface area contributed by atoms with Crippen LogP contribution in [0.2, 0.25) is 0 Å². The van der Waals surface area contributed by atoms with Gasteiger partial charge in [-0.3, -0.25) is 0 Å². The third-order valence-corrected chi connectivity index (χ3v) is 10.4. The molecule has 0 fully saturated rings. The van der Waals surface area contributed by atoms with Crippen molar-refractivity contribution in [1.29, 1.82) is 0 Å². The highest BCUT2D eigenvalue weighted by molar-refractivity contribution is 7.81. The first-order chi connectivity index (χ1) is 23.3. The lowest BCUT2D eigenvalue weighted by molar-refractivity contribution is 0.581. The van der Waals surface area contributed by atoms with Gasteiger partial charge in [0.25, 0.3) is 0 Å². The molecule has 0 atom stereocenters. The minimum atomic E-state index is 0.662. The van der Waals surface area contributed by atoms with Crippen molar-refractivity contribution in [2.75, 3.05) is 0 Å². The zero-order valence-corrected chi connectivity index (χ0v) is 29.3. The minimum absolute atomic E-state index is 0.662. The highest BCUT2D eigenvalue weighted by Gasteiger charge is 2.45. The SMILES string of the molecule is Cc1cc(C)cc(CN2C(=S)C3=C(c4cccc5ccccc45)N(Cc4cc(C)cc(C)c4)C(=S)C3=C2c2cccc3ccccc23)c1. The van der Waals surface area contributed by atoms with Gasteiger partial charge in [-0.2, -0.15) is 0 Å². The fraction of sp³-hybridized carbons (Fsp3) is 0.136. The zero-order valence-electron chi connectivity index (χ0n) is 27.7. The molecule has 0 amide bonds. The number of thiocarbonyl (C=S) groups is 2. The van der Waals surface area contributed by atoms with E-state index in [-0.39, 0.29) is 0 Å². The summed E-state index contributed by atoms with van der Waals surface area (Å²) in [7, 11) is 0. The van der Waals surface area contributed by atoms with Gasteiger partial charge in [-0.15, -0.1) is 0 Å². The maximum Gasteiger partial charge on any atom is 0.116 e. The van der Waals surface area contributed by atoms with E-state index in [2.05, 4.69) is 159 Å². The number of nitrogens with zero attached hydrogens (tertiary/aromatic N) is 2. The lowest BCUT2D eigenvalue weighted by Crippen LogP contribution is -2.28. The minimum Gasteiger partial charge on any atom is -0.326 e. The fourth-order valence-corrected chi connectivity index (χ4v) is 8.52. The Kier molecular flexibility index (Phi) is 7.59. The van der Waals surface area contributed by atoms with Gasteiger partial charge >= 0.3 is 0 Å². The molecule has 0 bridgehead atoms. The van der Waals surface area contributed by atoms with Crippen LogP contribution in [-0.4, -0.2) is 19.8 Å². The molecule has 4 heteroatoms. The van der Waals surface area contributed by atoms with Gasteiger partial charge in [0, 0.05) is 35.4 Å². The molecule has 0 aliphatic carbocycles. The summed E-state index contributed by atoms with van der Waals surface area (Å²) < 4.78 is 0. The number of rotatable bonds is 6. The molecule has 0 unspecified atom stereocenters. The molecule has 2 heterocycles. The Labute approximate surface area is 293 Å². The van der Waals surface area contributed by atoms with Crippen LogP contribution in [-0.2, 0) is 13.1 Å². The summed E-state index contributed by atoms with van der Waals surface area (Å²) in [5.41, 5.74) is 14.1. The van der Waals surface area contributed by atoms with E-state index in [1.807, 2.05) is 0 Å². The van der Waals surface area contributed by atoms with E-state index in [4.69, 9.17) is 24.4 Å². The van der Waals surface area contributed by atoms with Gasteiger partial charge in [-0.1, -0.05) is 168 Å². The summed E-state index contributed by atoms with van der Waals surface area (Å²) in [6, 6.07) is 44.0. The fourth-order valence-electron chi connectivity index (χ4n) is 7.81. The Morgan fingerprint density at radius 1 is 0.438 bits per heavy atom. The molecule has 48 heavy (non-hydrogen) atoms. The van der Waals surface area contributed by atoms with Gasteiger partial charge < -0.3 is 9.80 Å². The number of aryl methyl sites for hydroxylation is 4. The molecule has 234 valence electrons. The number of benzene rings is 6. The molecule has 0 N–H and O–H groups in total. The Morgan fingerprint density at radius 3 is 1.19 bits per heavy atom. The quantitative estimate of drug-likeness (QED) is 0.165. The van der Waals surface area contributed by atoms with E-state index in [9.17, 15) is 0 Å². The van der Waals surface area contributed by atoms with E-state index in [0.29, 0.717) is 13.1 Å². The molecule has 0 saturated carbocycles. The lowest BCUT2D eigenvalue weighted by Gasteiger charge is -2.29. The molecule has 8 rings (SSSR count). The maximum atomic E-state index is 6.59. The second-order valence-electron chi connectivity index (χ2n) is 13.3. The van der Waals surface area contributed by atoms with Crippen molar-refractivity contribution < 1.29 is 0 Å². The van der Waals surface area contributed by atoms with Crippen molar-refractivity contribution in [3.63, 3.8) is 0 Å². The van der Waals surface area contributed by atoms with Gasteiger partial charge in [0.05, 0.1) is 11.4 Å². The summed E-state index contributed by atoms with van der Waals surface area (Å²) in [5.74, 6) is 0. The van der Waals surface area contributed by atoms with E-state index in [1.165, 1.54) is 54.9 Å². The first-order valence-electron chi connectivity index (χ1n) is 16.5. The lowest BCUT2D eigenvalue weighted by atomic mass is 9.97. The average molecular weight is 657 g/mol. The molecule has 6 aromatic rings. The molecule has 0 saturated heterocycles. The normalized spacial score (nSPS) is 14.7. The van der Waals surface area contributed by atoms with Crippen LogP contribution in [0.15, 0.2) is 132 Å². The largest absolute Gasteiger partial charge is 0.326 e. The van der Waals surface area contributed by atoms with Crippen LogP contribution in [0.3, 0.4) is 0 Å². The van der Waals surface area contributed by atoms with Crippen LogP contribution in [0.1, 0.15) is 44.5 Å². The van der Waals surface area contributed by atoms with E-state index >= 15 is 0 Å². The third kappa shape index (κ3) is 5.17. The Morgan fingerprint density at radius 2 is 0.792 bits per heavy atom. The van der Waals surface area contributed by atoms with Crippen LogP contribution >= 0.6 is 24.4 Å². The van der Waals surface area contributed by atoms with Crippen LogP contribution in [0, 0.1) is 27.7 Å². The van der Waals surface area contributed by atoms with Crippen LogP contribution < -0.4 is 0 Å². The maximum absolute atomic E-state index is 6.59. The van der Waals surface area contributed by atoms with Gasteiger partial charge in [0.1, 0.15) is 9.98 Å². The summed E-state index contributed by atoms with van der Waals surface area (Å²) in [4.78, 5) is 6.34. The summed E-state index contributed by atoms with van der Waals surface area (Å²) in [5, 5.41) is 4.78. The molecular weight excluding hydrogens is 621 g/mol. The predicted molar refractivity (Wildman–Crippen MR) is 210 cm³/mol. The van der Waals surface area contributed by atoms with Crippen molar-refractivity contribution in [3.05, 3.63) is 177 Å². The number of hydrogen-bond acceptors (Lipinski definition) is 2. The van der Waals surface area contributed by atoms with Gasteiger partial charge in [-0.05, 0) is 60.4 Å². The molecule has 6 aromatic carbocycles. The van der Waals surface area contributed by atoms with Gasteiger partial charge in [0.15, 0.2) is 0 Å². The van der Waals surface area contributed by atoms with E-state index in [1.54, 1.807) is 0 Å². The molecular formula is C44H36N2S2. The topological polar surface area (TPSA) is 6.48 Å². The number of hydrogen-bond donors (Lipinski definition) is 0. The first-order valence-corrected chi connectivity index (χ1v) is 17.3. The van der Waals surface area contributed by atoms with Gasteiger partial charge in [-0.25, -0.2) is 0 Å². The summed E-state index contributed by atoms with van der Waals surface area (Å²) >= 11 is 13.2. The number of fused-ring (bicyclic) bond motifs is 3.